The fraction of sp³-hybridized carbons (Fsp3) is 1.00. The van der Waals surface area contributed by atoms with Gasteiger partial charge in [0.15, 0.2) is 0 Å². The molecule has 2 aliphatic rings. The maximum Gasteiger partial charge on any atom is 0.0830 e. The van der Waals surface area contributed by atoms with Gasteiger partial charge in [0.1, 0.15) is 0 Å². The molecular weight excluding hydrogens is 232 g/mol. The minimum absolute atomic E-state index is 0.110. The van der Waals surface area contributed by atoms with Gasteiger partial charge in [-0.1, -0.05) is 25.7 Å². The van der Waals surface area contributed by atoms with E-state index in [9.17, 15) is 10.2 Å². The van der Waals surface area contributed by atoms with Gasteiger partial charge in [0.2, 0.25) is 0 Å². The molecule has 0 unspecified atom stereocenters. The Morgan fingerprint density at radius 2 is 1.00 bits per heavy atom. The number of rotatable bonds is 2. The molecule has 108 valence electrons. The summed E-state index contributed by atoms with van der Waals surface area (Å²) < 4.78 is 10.1. The van der Waals surface area contributed by atoms with Crippen LogP contribution in [0.2, 0.25) is 0 Å². The lowest BCUT2D eigenvalue weighted by molar-refractivity contribution is -0.0359. The highest BCUT2D eigenvalue weighted by Gasteiger charge is 2.22. The maximum atomic E-state index is 9.24. The van der Waals surface area contributed by atoms with Crippen LogP contribution >= 0.6 is 0 Å². The number of ether oxygens (including phenoxy) is 2. The van der Waals surface area contributed by atoms with Crippen LogP contribution in [0.4, 0.5) is 0 Å². The van der Waals surface area contributed by atoms with Crippen LogP contribution in [0.25, 0.3) is 0 Å². The maximum absolute atomic E-state index is 9.24. The number of aliphatic hydroxyl groups is 2. The summed E-state index contributed by atoms with van der Waals surface area (Å²) in [7, 11) is 3.33. The van der Waals surface area contributed by atoms with Crippen molar-refractivity contribution >= 4 is 0 Å². The van der Waals surface area contributed by atoms with Crippen molar-refractivity contribution in [2.24, 2.45) is 0 Å². The van der Waals surface area contributed by atoms with Gasteiger partial charge in [-0.2, -0.15) is 0 Å². The SMILES string of the molecule is CO[C@H]1CCCC[C@@H]1O.CO[C@H]1CCCC[C@@H]1O. The van der Waals surface area contributed by atoms with Crippen LogP contribution < -0.4 is 0 Å². The molecule has 2 rings (SSSR count). The number of aliphatic hydroxyl groups excluding tert-OH is 2. The smallest absolute Gasteiger partial charge is 0.0830 e. The fourth-order valence-corrected chi connectivity index (χ4v) is 2.70. The molecule has 0 aromatic heterocycles. The summed E-state index contributed by atoms with van der Waals surface area (Å²) in [6.45, 7) is 0. The molecule has 4 heteroatoms. The van der Waals surface area contributed by atoms with Crippen molar-refractivity contribution < 1.29 is 19.7 Å². The fourth-order valence-electron chi connectivity index (χ4n) is 2.70. The van der Waals surface area contributed by atoms with Gasteiger partial charge in [-0.05, 0) is 25.7 Å². The Morgan fingerprint density at radius 3 is 1.22 bits per heavy atom. The van der Waals surface area contributed by atoms with E-state index in [1.54, 1.807) is 14.2 Å². The molecule has 0 aromatic carbocycles. The third-order valence-corrected chi connectivity index (χ3v) is 3.94. The first-order chi connectivity index (χ1) is 8.69. The van der Waals surface area contributed by atoms with Gasteiger partial charge in [-0.25, -0.2) is 0 Å². The van der Waals surface area contributed by atoms with Crippen molar-refractivity contribution in [2.75, 3.05) is 14.2 Å². The van der Waals surface area contributed by atoms with Crippen LogP contribution in [0.3, 0.4) is 0 Å². The van der Waals surface area contributed by atoms with Gasteiger partial charge in [-0.15, -0.1) is 0 Å². The van der Waals surface area contributed by atoms with Crippen LogP contribution in [0, 0.1) is 0 Å². The average molecular weight is 260 g/mol. The Hall–Kier alpha value is -0.160. The molecule has 18 heavy (non-hydrogen) atoms. The van der Waals surface area contributed by atoms with E-state index >= 15 is 0 Å². The van der Waals surface area contributed by atoms with E-state index in [-0.39, 0.29) is 24.4 Å². The predicted octanol–water partition coefficient (Wildman–Crippen LogP) is 1.87. The second-order valence-electron chi connectivity index (χ2n) is 5.25. The molecule has 0 amide bonds. The van der Waals surface area contributed by atoms with Crippen molar-refractivity contribution in [1.29, 1.82) is 0 Å². The van der Waals surface area contributed by atoms with E-state index in [2.05, 4.69) is 0 Å². The van der Waals surface area contributed by atoms with Gasteiger partial charge in [0.25, 0.3) is 0 Å². The van der Waals surface area contributed by atoms with Crippen molar-refractivity contribution in [3.63, 3.8) is 0 Å². The van der Waals surface area contributed by atoms with Gasteiger partial charge in [0.05, 0.1) is 24.4 Å². The zero-order valence-corrected chi connectivity index (χ0v) is 11.7. The van der Waals surface area contributed by atoms with Crippen molar-refractivity contribution in [3.05, 3.63) is 0 Å². The second kappa shape index (κ2) is 8.86. The van der Waals surface area contributed by atoms with Gasteiger partial charge in [0, 0.05) is 14.2 Å². The van der Waals surface area contributed by atoms with E-state index in [0.29, 0.717) is 0 Å². The van der Waals surface area contributed by atoms with Gasteiger partial charge >= 0.3 is 0 Å². The van der Waals surface area contributed by atoms with Gasteiger partial charge < -0.3 is 19.7 Å². The highest BCUT2D eigenvalue weighted by Crippen LogP contribution is 2.20. The van der Waals surface area contributed by atoms with E-state index in [1.165, 1.54) is 12.8 Å². The second-order valence-corrected chi connectivity index (χ2v) is 5.25. The highest BCUT2D eigenvalue weighted by atomic mass is 16.5. The summed E-state index contributed by atoms with van der Waals surface area (Å²) >= 11 is 0. The average Bonchev–Trinajstić information content (AvgIpc) is 2.41. The summed E-state index contributed by atoms with van der Waals surface area (Å²) in [4.78, 5) is 0. The molecule has 2 fully saturated rings. The van der Waals surface area contributed by atoms with Crippen LogP contribution in [-0.4, -0.2) is 48.8 Å². The first kappa shape index (κ1) is 15.9. The van der Waals surface area contributed by atoms with E-state index in [0.717, 1.165) is 38.5 Å². The summed E-state index contributed by atoms with van der Waals surface area (Å²) in [6.07, 6.45) is 8.41. The standard InChI is InChI=1S/2C7H14O2/c2*1-9-7-5-3-2-4-6(7)8/h2*6-8H,2-5H2,1H3/t2*6-,7-/m00/s1. The largest absolute Gasteiger partial charge is 0.390 e. The minimum Gasteiger partial charge on any atom is -0.390 e. The lowest BCUT2D eigenvalue weighted by Gasteiger charge is -2.25. The normalized spacial score (nSPS) is 36.7. The zero-order valence-electron chi connectivity index (χ0n) is 11.7. The molecule has 0 aromatic rings. The number of hydrogen-bond acceptors (Lipinski definition) is 4. The summed E-state index contributed by atoms with van der Waals surface area (Å²) in [5.74, 6) is 0. The van der Waals surface area contributed by atoms with Crippen molar-refractivity contribution in [2.45, 2.75) is 75.8 Å². The summed E-state index contributed by atoms with van der Waals surface area (Å²) in [5.41, 5.74) is 0. The molecule has 0 aliphatic heterocycles. The highest BCUT2D eigenvalue weighted by molar-refractivity contribution is 4.74. The van der Waals surface area contributed by atoms with Crippen LogP contribution in [0.15, 0.2) is 0 Å². The predicted molar refractivity (Wildman–Crippen MR) is 70.5 cm³/mol. The minimum atomic E-state index is -0.205. The van der Waals surface area contributed by atoms with E-state index in [1.807, 2.05) is 0 Å². The summed E-state index contributed by atoms with van der Waals surface area (Å²) in [6, 6.07) is 0. The van der Waals surface area contributed by atoms with Crippen molar-refractivity contribution in [3.8, 4) is 0 Å². The summed E-state index contributed by atoms with van der Waals surface area (Å²) in [5, 5.41) is 18.5. The molecule has 0 saturated heterocycles. The number of hydrogen-bond donors (Lipinski definition) is 2. The lowest BCUT2D eigenvalue weighted by atomic mass is 9.95. The molecule has 2 saturated carbocycles. The third kappa shape index (κ3) is 5.22. The number of methoxy groups -OCH3 is 2. The molecule has 4 nitrogen and oxygen atoms in total. The Labute approximate surface area is 110 Å². The first-order valence-corrected chi connectivity index (χ1v) is 7.10. The quantitative estimate of drug-likeness (QED) is 0.796. The Kier molecular flexibility index (Phi) is 7.82. The molecule has 0 radical (unpaired) electrons. The molecular formula is C14H28O4. The van der Waals surface area contributed by atoms with Crippen LogP contribution in [0.1, 0.15) is 51.4 Å². The van der Waals surface area contributed by atoms with Crippen LogP contribution in [0.5, 0.6) is 0 Å². The molecule has 0 spiro atoms. The zero-order chi connectivity index (χ0) is 13.4. The van der Waals surface area contributed by atoms with E-state index < -0.39 is 0 Å². The topological polar surface area (TPSA) is 58.9 Å². The molecule has 0 bridgehead atoms. The lowest BCUT2D eigenvalue weighted by Crippen LogP contribution is -2.30. The third-order valence-electron chi connectivity index (χ3n) is 3.94. The Morgan fingerprint density at radius 1 is 0.667 bits per heavy atom. The molecule has 4 atom stereocenters. The Bertz CT molecular complexity index is 188. The van der Waals surface area contributed by atoms with Gasteiger partial charge in [-0.3, -0.25) is 0 Å². The first-order valence-electron chi connectivity index (χ1n) is 7.10. The molecule has 2 aliphatic carbocycles. The Balaban J connectivity index is 0.000000180. The van der Waals surface area contributed by atoms with Crippen LogP contribution in [-0.2, 0) is 9.47 Å². The molecule has 2 N–H and O–H groups in total. The monoisotopic (exact) mass is 260 g/mol. The van der Waals surface area contributed by atoms with Crippen molar-refractivity contribution in [1.82, 2.24) is 0 Å². The van der Waals surface area contributed by atoms with E-state index in [4.69, 9.17) is 9.47 Å². The molecule has 0 heterocycles.